The first-order chi connectivity index (χ1) is 12.1. The topological polar surface area (TPSA) is 78.0 Å². The minimum Gasteiger partial charge on any atom is -0.306 e. The number of fused-ring (bicyclic) bond motifs is 3. The van der Waals surface area contributed by atoms with Crippen LogP contribution >= 0.6 is 11.6 Å². The molecule has 126 valence electrons. The number of rotatable bonds is 3. The smallest absolute Gasteiger partial charge is 0.281 e. The first kappa shape index (κ1) is 15.7. The molecule has 3 heterocycles. The number of aryl methyl sites for hydroxylation is 1. The largest absolute Gasteiger partial charge is 0.306 e. The number of nitrogens with zero attached hydrogens (tertiary/aromatic N) is 6. The summed E-state index contributed by atoms with van der Waals surface area (Å²) in [5.41, 5.74) is 1.63. The molecule has 0 aliphatic rings. The molecule has 0 saturated heterocycles. The molecular formula is C17H15ClN6O. The van der Waals surface area contributed by atoms with Gasteiger partial charge in [0.1, 0.15) is 5.52 Å². The van der Waals surface area contributed by atoms with Crippen LogP contribution in [-0.2, 0) is 6.42 Å². The van der Waals surface area contributed by atoms with E-state index in [1.54, 1.807) is 15.3 Å². The highest BCUT2D eigenvalue weighted by Gasteiger charge is 2.15. The van der Waals surface area contributed by atoms with Crippen molar-refractivity contribution in [3.8, 4) is 0 Å². The molecule has 25 heavy (non-hydrogen) atoms. The van der Waals surface area contributed by atoms with E-state index < -0.39 is 0 Å². The molecule has 0 radical (unpaired) electrons. The van der Waals surface area contributed by atoms with Gasteiger partial charge in [0.15, 0.2) is 11.3 Å². The average Bonchev–Trinajstić information content (AvgIpc) is 3.06. The maximum absolute atomic E-state index is 12.9. The fourth-order valence-electron chi connectivity index (χ4n) is 2.82. The molecule has 0 bridgehead atoms. The summed E-state index contributed by atoms with van der Waals surface area (Å²) < 4.78 is 3.20. The Bertz CT molecular complexity index is 1130. The molecule has 7 nitrogen and oxygen atoms in total. The van der Waals surface area contributed by atoms with Crippen molar-refractivity contribution >= 4 is 28.4 Å². The van der Waals surface area contributed by atoms with E-state index in [-0.39, 0.29) is 17.1 Å². The summed E-state index contributed by atoms with van der Waals surface area (Å²) in [6.07, 6.45) is 2.44. The molecule has 1 atom stereocenters. The van der Waals surface area contributed by atoms with Crippen molar-refractivity contribution < 1.29 is 0 Å². The average molecular weight is 355 g/mol. The van der Waals surface area contributed by atoms with Crippen LogP contribution in [0.3, 0.4) is 0 Å². The Morgan fingerprint density at radius 1 is 1.16 bits per heavy atom. The van der Waals surface area contributed by atoms with Gasteiger partial charge < -0.3 is 4.57 Å². The maximum atomic E-state index is 12.9. The molecule has 1 unspecified atom stereocenters. The summed E-state index contributed by atoms with van der Waals surface area (Å²) in [4.78, 5) is 17.2. The Hall–Kier alpha value is -2.80. The van der Waals surface area contributed by atoms with Crippen LogP contribution < -0.4 is 5.56 Å². The normalized spacial score (nSPS) is 12.8. The van der Waals surface area contributed by atoms with Gasteiger partial charge in [0.2, 0.25) is 0 Å². The lowest BCUT2D eigenvalue weighted by Gasteiger charge is -2.16. The van der Waals surface area contributed by atoms with E-state index in [0.29, 0.717) is 28.6 Å². The zero-order valence-electron chi connectivity index (χ0n) is 13.7. The number of pyridine rings is 1. The Labute approximate surface area is 147 Å². The minimum absolute atomic E-state index is 0.159. The van der Waals surface area contributed by atoms with Gasteiger partial charge in [0, 0.05) is 17.6 Å². The van der Waals surface area contributed by atoms with Gasteiger partial charge in [0.05, 0.1) is 6.04 Å². The third-order valence-corrected chi connectivity index (χ3v) is 4.51. The molecular weight excluding hydrogens is 340 g/mol. The zero-order chi connectivity index (χ0) is 17.6. The first-order valence-electron chi connectivity index (χ1n) is 7.97. The van der Waals surface area contributed by atoms with Crippen molar-refractivity contribution in [2.75, 3.05) is 0 Å². The third-order valence-electron chi connectivity index (χ3n) is 4.26. The summed E-state index contributed by atoms with van der Waals surface area (Å²) in [6, 6.07) is 9.09. The van der Waals surface area contributed by atoms with Gasteiger partial charge in [-0.3, -0.25) is 4.79 Å². The molecule has 0 aliphatic carbocycles. The molecule has 0 N–H and O–H groups in total. The molecule has 0 aliphatic heterocycles. The number of hydrogen-bond donors (Lipinski definition) is 0. The van der Waals surface area contributed by atoms with Crippen molar-refractivity contribution in [2.45, 2.75) is 26.3 Å². The molecule has 0 amide bonds. The van der Waals surface area contributed by atoms with Gasteiger partial charge in [-0.15, -0.1) is 15.3 Å². The van der Waals surface area contributed by atoms with Crippen LogP contribution in [0.15, 0.2) is 41.3 Å². The van der Waals surface area contributed by atoms with Gasteiger partial charge in [-0.25, -0.2) is 0 Å². The first-order valence-corrected chi connectivity index (χ1v) is 8.35. The monoisotopic (exact) mass is 354 g/mol. The Morgan fingerprint density at radius 3 is 2.64 bits per heavy atom. The zero-order valence-corrected chi connectivity index (χ0v) is 14.5. The molecule has 0 spiro atoms. The van der Waals surface area contributed by atoms with Crippen LogP contribution in [0.5, 0.6) is 0 Å². The highest BCUT2D eigenvalue weighted by atomic mass is 35.5. The third kappa shape index (κ3) is 2.56. The Balaban J connectivity index is 1.89. The molecule has 0 saturated carbocycles. The van der Waals surface area contributed by atoms with Crippen LogP contribution in [0, 0.1) is 0 Å². The SMILES string of the molecule is CCc1nc2nnc3c(=O)n(C(C)c4ccc(Cl)cc4)ccc3n2n1. The second-order valence-corrected chi connectivity index (χ2v) is 6.22. The van der Waals surface area contributed by atoms with E-state index in [1.807, 2.05) is 44.2 Å². The molecule has 3 aromatic heterocycles. The second-order valence-electron chi connectivity index (χ2n) is 5.78. The van der Waals surface area contributed by atoms with Crippen LogP contribution in [0.2, 0.25) is 5.02 Å². The highest BCUT2D eigenvalue weighted by Crippen LogP contribution is 2.19. The van der Waals surface area contributed by atoms with E-state index in [4.69, 9.17) is 11.6 Å². The lowest BCUT2D eigenvalue weighted by Crippen LogP contribution is -2.25. The van der Waals surface area contributed by atoms with E-state index in [9.17, 15) is 4.79 Å². The molecule has 8 heteroatoms. The van der Waals surface area contributed by atoms with Gasteiger partial charge >= 0.3 is 0 Å². The van der Waals surface area contributed by atoms with Crippen molar-refractivity contribution in [3.05, 3.63) is 63.3 Å². The molecule has 4 aromatic rings. The van der Waals surface area contributed by atoms with E-state index in [2.05, 4.69) is 20.3 Å². The van der Waals surface area contributed by atoms with Crippen molar-refractivity contribution in [2.24, 2.45) is 0 Å². The highest BCUT2D eigenvalue weighted by molar-refractivity contribution is 6.30. The van der Waals surface area contributed by atoms with Gasteiger partial charge in [-0.1, -0.05) is 30.7 Å². The lowest BCUT2D eigenvalue weighted by atomic mass is 10.1. The fraction of sp³-hybridized carbons (Fsp3) is 0.235. The summed E-state index contributed by atoms with van der Waals surface area (Å²) in [5, 5.41) is 13.2. The van der Waals surface area contributed by atoms with Gasteiger partial charge in [-0.05, 0) is 30.7 Å². The van der Waals surface area contributed by atoms with Gasteiger partial charge in [0.25, 0.3) is 11.3 Å². The molecule has 1 aromatic carbocycles. The van der Waals surface area contributed by atoms with Crippen molar-refractivity contribution in [3.63, 3.8) is 0 Å². The lowest BCUT2D eigenvalue weighted by molar-refractivity contribution is 0.617. The van der Waals surface area contributed by atoms with Gasteiger partial charge in [-0.2, -0.15) is 9.50 Å². The summed E-state index contributed by atoms with van der Waals surface area (Å²) >= 11 is 5.94. The standard InChI is InChI=1S/C17H15ClN6O/c1-3-14-19-17-21-20-15-13(24(17)22-14)8-9-23(16(15)25)10(2)11-4-6-12(18)7-5-11/h4-10H,3H2,1-2H3. The quantitative estimate of drug-likeness (QED) is 0.565. The number of benzene rings is 1. The number of aromatic nitrogens is 6. The fourth-order valence-corrected chi connectivity index (χ4v) is 2.94. The predicted octanol–water partition coefficient (Wildman–Crippen LogP) is 2.66. The van der Waals surface area contributed by atoms with Crippen LogP contribution in [0.25, 0.3) is 16.8 Å². The molecule has 4 rings (SSSR count). The van der Waals surface area contributed by atoms with Crippen molar-refractivity contribution in [1.29, 1.82) is 0 Å². The van der Waals surface area contributed by atoms with Crippen LogP contribution in [-0.4, -0.2) is 29.4 Å². The van der Waals surface area contributed by atoms with E-state index >= 15 is 0 Å². The van der Waals surface area contributed by atoms with E-state index in [1.165, 1.54) is 0 Å². The van der Waals surface area contributed by atoms with Crippen molar-refractivity contribution in [1.82, 2.24) is 29.4 Å². The van der Waals surface area contributed by atoms with E-state index in [0.717, 1.165) is 5.56 Å². The summed E-state index contributed by atoms with van der Waals surface area (Å²) in [7, 11) is 0. The van der Waals surface area contributed by atoms with Crippen LogP contribution in [0.1, 0.15) is 31.3 Å². The van der Waals surface area contributed by atoms with Crippen LogP contribution in [0.4, 0.5) is 0 Å². The number of halogens is 1. The Morgan fingerprint density at radius 2 is 1.92 bits per heavy atom. The second kappa shape index (κ2) is 5.93. The summed E-state index contributed by atoms with van der Waals surface area (Å²) in [5.74, 6) is 1.06. The number of hydrogen-bond acceptors (Lipinski definition) is 5. The molecule has 0 fully saturated rings. The maximum Gasteiger partial charge on any atom is 0.281 e. The summed E-state index contributed by atoms with van der Waals surface area (Å²) in [6.45, 7) is 3.91. The Kier molecular flexibility index (Phi) is 3.73. The predicted molar refractivity (Wildman–Crippen MR) is 95.0 cm³/mol. The minimum atomic E-state index is -0.220.